The Bertz CT molecular complexity index is 1570. The number of H-pyrrole nitrogens is 1. The number of aromatic amines is 1. The number of nitrogens with zero attached hydrogens (tertiary/aromatic N) is 1. The van der Waals surface area contributed by atoms with Crippen LogP contribution in [0.3, 0.4) is 0 Å². The summed E-state index contributed by atoms with van der Waals surface area (Å²) in [4.78, 5) is 20.1. The number of benzene rings is 4. The van der Waals surface area contributed by atoms with E-state index in [4.69, 9.17) is 0 Å². The Morgan fingerprint density at radius 1 is 0.914 bits per heavy atom. The number of rotatable bonds is 6. The van der Waals surface area contributed by atoms with E-state index in [-0.39, 0.29) is 11.3 Å². The molecule has 1 radical (unpaired) electrons. The van der Waals surface area contributed by atoms with Crippen LogP contribution in [-0.4, -0.2) is 29.0 Å². The van der Waals surface area contributed by atoms with Crippen LogP contribution in [0, 0.1) is 0 Å². The summed E-state index contributed by atoms with van der Waals surface area (Å²) in [5.74, 6) is 0.303. The van der Waals surface area contributed by atoms with Gasteiger partial charge in [0.2, 0.25) is 0 Å². The molecule has 35 heavy (non-hydrogen) atoms. The molecule has 0 bridgehead atoms. The van der Waals surface area contributed by atoms with E-state index < -0.39 is 19.7 Å². The van der Waals surface area contributed by atoms with Crippen molar-refractivity contribution in [2.45, 2.75) is 5.32 Å². The van der Waals surface area contributed by atoms with Crippen LogP contribution in [0.15, 0.2) is 114 Å². The van der Waals surface area contributed by atoms with Gasteiger partial charge in [-0.1, -0.05) is 6.07 Å². The molecule has 0 aliphatic heterocycles. The molecule has 4 nitrogen and oxygen atoms in total. The van der Waals surface area contributed by atoms with Gasteiger partial charge in [-0.2, -0.15) is 0 Å². The minimum absolute atomic E-state index is 0.229. The fourth-order valence-electron chi connectivity index (χ4n) is 3.86. The average Bonchev–Trinajstić information content (AvgIpc) is 2.90. The summed E-state index contributed by atoms with van der Waals surface area (Å²) in [6.45, 7) is 0. The second-order valence-electron chi connectivity index (χ2n) is 7.90. The third-order valence-corrected chi connectivity index (χ3v) is 10.3. The van der Waals surface area contributed by atoms with E-state index in [0.29, 0.717) is 27.6 Å². The summed E-state index contributed by atoms with van der Waals surface area (Å²) < 4.78 is 17.3. The Hall–Kier alpha value is -3.99. The zero-order chi connectivity index (χ0) is 24.2. The summed E-state index contributed by atoms with van der Waals surface area (Å²) in [6.07, 6.45) is 1.56. The van der Waals surface area contributed by atoms with Crippen molar-refractivity contribution in [3.8, 4) is 17.1 Å². The van der Waals surface area contributed by atoms with Crippen molar-refractivity contribution in [2.75, 3.05) is 0 Å². The predicted molar refractivity (Wildman–Crippen MR) is 141 cm³/mol. The van der Waals surface area contributed by atoms with E-state index in [0.717, 1.165) is 14.5 Å². The van der Waals surface area contributed by atoms with Crippen molar-refractivity contribution in [3.63, 3.8) is 0 Å². The monoisotopic (exact) mass is 529 g/mol. The number of phenols is 1. The predicted octanol–water partition coefficient (Wildman–Crippen LogP) is 4.92. The molecule has 0 fully saturated rings. The molecule has 1 aromatic heterocycles. The normalized spacial score (nSPS) is 11.8. The van der Waals surface area contributed by atoms with Crippen LogP contribution in [-0.2, 0) is 0 Å². The van der Waals surface area contributed by atoms with Gasteiger partial charge in [0.15, 0.2) is 0 Å². The Balaban J connectivity index is 1.47. The van der Waals surface area contributed by atoms with E-state index in [2.05, 4.69) is 9.97 Å². The second kappa shape index (κ2) is 10.1. The van der Waals surface area contributed by atoms with Crippen LogP contribution in [0.4, 0.5) is 4.39 Å². The summed E-state index contributed by atoms with van der Waals surface area (Å²) in [5.41, 5.74) is 1.33. The molecule has 0 spiro atoms. The molecule has 2 N–H and O–H groups in total. The van der Waals surface area contributed by atoms with Crippen LogP contribution in [0.1, 0.15) is 5.56 Å². The van der Waals surface area contributed by atoms with Gasteiger partial charge in [-0.05, 0) is 0 Å². The first-order valence-electron chi connectivity index (χ1n) is 11.1. The Morgan fingerprint density at radius 3 is 2.34 bits per heavy atom. The summed E-state index contributed by atoms with van der Waals surface area (Å²) in [7, 11) is 0. The van der Waals surface area contributed by atoms with Crippen molar-refractivity contribution >= 4 is 39.6 Å². The molecular formula is C29H22FN2O2Se. The van der Waals surface area contributed by atoms with Crippen LogP contribution in [0.2, 0.25) is 5.32 Å². The molecule has 5 aromatic rings. The zero-order valence-electron chi connectivity index (χ0n) is 18.7. The van der Waals surface area contributed by atoms with E-state index in [1.54, 1.807) is 36.4 Å². The number of allylic oxidation sites excluding steroid dienone is 1. The number of hydrogen-bond acceptors (Lipinski definition) is 3. The fourth-order valence-corrected chi connectivity index (χ4v) is 8.03. The Labute approximate surface area is 206 Å². The van der Waals surface area contributed by atoms with Crippen LogP contribution in [0.25, 0.3) is 28.1 Å². The molecular weight excluding hydrogens is 506 g/mol. The number of nitrogens with one attached hydrogen (secondary N) is 1. The van der Waals surface area contributed by atoms with Gasteiger partial charge in [0, 0.05) is 0 Å². The molecule has 4 aromatic carbocycles. The van der Waals surface area contributed by atoms with E-state index in [1.165, 1.54) is 0 Å². The third-order valence-electron chi connectivity index (χ3n) is 5.62. The standard InChI is InChI=1S/C29H22FN2O2Se/c30-24(17-18-35(22-11-5-2-6-12-22)27-14-8-7-13-26(27)33)21-15-16-25-23(19-21)29(34)32-28(31-25)20-9-3-1-4-10-20/h1-17,19,33H,18H2,(H,31,32,34)/b24-17-. The maximum absolute atomic E-state index is 15.3. The van der Waals surface area contributed by atoms with E-state index >= 15 is 4.39 Å². The number of aromatic nitrogens is 2. The van der Waals surface area contributed by atoms with E-state index in [1.807, 2.05) is 72.8 Å². The Kier molecular flexibility index (Phi) is 6.57. The molecule has 0 saturated carbocycles. The number of phenolic OH excluding ortho intramolecular Hbond substituents is 1. The van der Waals surface area contributed by atoms with Crippen molar-refractivity contribution in [2.24, 2.45) is 0 Å². The molecule has 173 valence electrons. The van der Waals surface area contributed by atoms with Crippen LogP contribution >= 0.6 is 0 Å². The second-order valence-corrected chi connectivity index (χ2v) is 12.2. The van der Waals surface area contributed by atoms with Crippen LogP contribution in [0.5, 0.6) is 5.75 Å². The molecule has 1 heterocycles. The Morgan fingerprint density at radius 2 is 1.60 bits per heavy atom. The number of fused-ring (bicyclic) bond motifs is 1. The van der Waals surface area contributed by atoms with Crippen molar-refractivity contribution in [1.82, 2.24) is 9.97 Å². The summed E-state index contributed by atoms with van der Waals surface area (Å²) in [6, 6.07) is 31.4. The van der Waals surface area contributed by atoms with Gasteiger partial charge in [-0.15, -0.1) is 0 Å². The quantitative estimate of drug-likeness (QED) is 0.308. The van der Waals surface area contributed by atoms with Crippen molar-refractivity contribution < 1.29 is 9.50 Å². The van der Waals surface area contributed by atoms with Gasteiger partial charge in [-0.3, -0.25) is 0 Å². The molecule has 5 rings (SSSR count). The number of halogens is 1. The molecule has 0 saturated heterocycles. The van der Waals surface area contributed by atoms with Gasteiger partial charge in [0.05, 0.1) is 0 Å². The average molecular weight is 528 g/mol. The van der Waals surface area contributed by atoms with Crippen LogP contribution < -0.4 is 14.5 Å². The molecule has 0 aliphatic rings. The molecule has 0 atom stereocenters. The van der Waals surface area contributed by atoms with Gasteiger partial charge in [-0.25, -0.2) is 0 Å². The number of hydrogen-bond donors (Lipinski definition) is 2. The molecule has 0 unspecified atom stereocenters. The topological polar surface area (TPSA) is 66.0 Å². The van der Waals surface area contributed by atoms with Gasteiger partial charge in [0.25, 0.3) is 0 Å². The first-order chi connectivity index (χ1) is 17.1. The molecule has 0 amide bonds. The SMILES string of the molecule is O=c1[nH]c(-c2ccccc2)nc2ccc(/C(F)=C/C[Se](c3ccccc3)c3ccccc3O)cc12. The first-order valence-corrected chi connectivity index (χ1v) is 14.0. The number of para-hydroxylation sites is 1. The third kappa shape index (κ3) is 4.94. The minimum atomic E-state index is -1.75. The van der Waals surface area contributed by atoms with Gasteiger partial charge >= 0.3 is 201 Å². The maximum atomic E-state index is 15.3. The first kappa shape index (κ1) is 22.8. The van der Waals surface area contributed by atoms with Crippen molar-refractivity contribution in [1.29, 1.82) is 0 Å². The van der Waals surface area contributed by atoms with Gasteiger partial charge in [0.1, 0.15) is 0 Å². The van der Waals surface area contributed by atoms with Gasteiger partial charge < -0.3 is 0 Å². The zero-order valence-corrected chi connectivity index (χ0v) is 20.4. The summed E-state index contributed by atoms with van der Waals surface area (Å²) >= 11 is -1.75. The molecule has 0 aliphatic carbocycles. The molecule has 6 heteroatoms. The fraction of sp³-hybridized carbons (Fsp3) is 0.0345. The van der Waals surface area contributed by atoms with E-state index in [9.17, 15) is 9.90 Å². The summed E-state index contributed by atoms with van der Waals surface area (Å²) in [5, 5.41) is 11.3. The number of aromatic hydroxyl groups is 1. The van der Waals surface area contributed by atoms with Crippen molar-refractivity contribution in [3.05, 3.63) is 125 Å².